The van der Waals surface area contributed by atoms with E-state index >= 15 is 0 Å². The van der Waals surface area contributed by atoms with E-state index in [0.29, 0.717) is 35.9 Å². The molecule has 3 N–H and O–H groups in total. The van der Waals surface area contributed by atoms with Gasteiger partial charge in [0.15, 0.2) is 0 Å². The minimum atomic E-state index is -0.608. The Bertz CT molecular complexity index is 1480. The first-order valence-corrected chi connectivity index (χ1v) is 14.7. The second-order valence-corrected chi connectivity index (χ2v) is 10.8. The zero-order valence-corrected chi connectivity index (χ0v) is 24.4. The molecule has 0 aromatic heterocycles. The largest absolute Gasteiger partial charge is 0.507 e. The first kappa shape index (κ1) is 29.2. The minimum absolute atomic E-state index is 0.119. The topological polar surface area (TPSA) is 83.3 Å². The van der Waals surface area contributed by atoms with Gasteiger partial charge in [-0.05, 0) is 48.6 Å². The Morgan fingerprint density at radius 1 is 0.786 bits per heavy atom. The summed E-state index contributed by atoms with van der Waals surface area (Å²) in [6.07, 6.45) is 5.67. The van der Waals surface area contributed by atoms with E-state index in [1.807, 2.05) is 60.7 Å². The highest BCUT2D eigenvalue weighted by molar-refractivity contribution is 6.14. The van der Waals surface area contributed by atoms with Crippen molar-refractivity contribution in [2.75, 3.05) is 27.3 Å². The second kappa shape index (κ2) is 13.6. The van der Waals surface area contributed by atoms with Crippen LogP contribution in [0.4, 0.5) is 0 Å². The van der Waals surface area contributed by atoms with Crippen LogP contribution in [0.2, 0.25) is 0 Å². The van der Waals surface area contributed by atoms with Crippen molar-refractivity contribution in [3.8, 4) is 23.0 Å². The molecule has 218 valence electrons. The lowest BCUT2D eigenvalue weighted by Crippen LogP contribution is -2.51. The third kappa shape index (κ3) is 6.14. The molecule has 5 rings (SSSR count). The molecule has 6 nitrogen and oxygen atoms in total. The predicted octanol–water partition coefficient (Wildman–Crippen LogP) is 7.07. The van der Waals surface area contributed by atoms with E-state index in [-0.39, 0.29) is 17.4 Å². The van der Waals surface area contributed by atoms with Crippen molar-refractivity contribution in [3.05, 3.63) is 119 Å². The van der Waals surface area contributed by atoms with Gasteiger partial charge in [0, 0.05) is 35.4 Å². The fraction of sp³-hybridized carbons (Fsp3) is 0.306. The van der Waals surface area contributed by atoms with Crippen LogP contribution in [0.5, 0.6) is 23.0 Å². The molecule has 0 saturated heterocycles. The summed E-state index contributed by atoms with van der Waals surface area (Å²) in [5.74, 6) is 1.83. The van der Waals surface area contributed by atoms with Crippen molar-refractivity contribution >= 4 is 5.71 Å². The number of aliphatic imine (C=N–C) groups is 1. The van der Waals surface area contributed by atoms with Crippen molar-refractivity contribution in [1.29, 1.82) is 0 Å². The number of benzene rings is 4. The molecular formula is C36H40N2O4. The summed E-state index contributed by atoms with van der Waals surface area (Å²) in [6.45, 7) is 1.03. The van der Waals surface area contributed by atoms with Crippen molar-refractivity contribution in [1.82, 2.24) is 5.32 Å². The maximum atomic E-state index is 11.4. The molecule has 42 heavy (non-hydrogen) atoms. The number of ether oxygens (including phenoxy) is 2. The molecule has 1 saturated carbocycles. The van der Waals surface area contributed by atoms with Crippen LogP contribution < -0.4 is 14.8 Å². The fourth-order valence-electron chi connectivity index (χ4n) is 6.35. The van der Waals surface area contributed by atoms with Crippen molar-refractivity contribution in [2.45, 2.75) is 37.6 Å². The number of aromatic hydroxyl groups is 2. The molecule has 0 amide bonds. The number of nitrogens with zero attached hydrogens (tertiary/aromatic N) is 1. The van der Waals surface area contributed by atoms with Crippen molar-refractivity contribution in [2.24, 2.45) is 10.9 Å². The van der Waals surface area contributed by atoms with E-state index < -0.39 is 5.54 Å². The lowest BCUT2D eigenvalue weighted by molar-refractivity contribution is 0.195. The van der Waals surface area contributed by atoms with Gasteiger partial charge in [0.25, 0.3) is 0 Å². The number of phenols is 2. The second-order valence-electron chi connectivity index (χ2n) is 10.8. The number of nitrogens with one attached hydrogen (secondary N) is 1. The Kier molecular flexibility index (Phi) is 9.45. The first-order valence-electron chi connectivity index (χ1n) is 14.7. The van der Waals surface area contributed by atoms with Gasteiger partial charge in [-0.3, -0.25) is 4.99 Å². The van der Waals surface area contributed by atoms with E-state index in [0.717, 1.165) is 42.4 Å². The Labute approximate surface area is 248 Å². The van der Waals surface area contributed by atoms with Crippen LogP contribution in [0, 0.1) is 5.92 Å². The molecule has 0 aliphatic heterocycles. The predicted molar refractivity (Wildman–Crippen MR) is 168 cm³/mol. The van der Waals surface area contributed by atoms with Crippen LogP contribution in [-0.4, -0.2) is 43.2 Å². The highest BCUT2D eigenvalue weighted by atomic mass is 16.5. The van der Waals surface area contributed by atoms with Gasteiger partial charge in [-0.25, -0.2) is 0 Å². The molecule has 1 fully saturated rings. The quantitative estimate of drug-likeness (QED) is 0.134. The third-order valence-corrected chi connectivity index (χ3v) is 8.37. The van der Waals surface area contributed by atoms with E-state index in [1.54, 1.807) is 26.4 Å². The third-order valence-electron chi connectivity index (χ3n) is 8.37. The standard InChI is InChI=1S/C36H40N2O4/c1-41-29-18-20-31(33(39)24-29)35(26-12-6-3-7-13-26)37-22-23-38-36(27-14-8-4-9-15-27,28-16-10-5-11-17-28)32-21-19-30(42-2)25-34(32)40/h3-4,6-9,12-15,18-21,24-25,28,38-40H,5,10-11,16-17,22-23H2,1-2H3/t36-/m1/s1. The Balaban J connectivity index is 1.53. The van der Waals surface area contributed by atoms with E-state index in [9.17, 15) is 10.2 Å². The molecular weight excluding hydrogens is 524 g/mol. The molecule has 0 unspecified atom stereocenters. The lowest BCUT2D eigenvalue weighted by atomic mass is 9.67. The molecule has 4 aromatic carbocycles. The monoisotopic (exact) mass is 564 g/mol. The average Bonchev–Trinajstić information content (AvgIpc) is 3.05. The van der Waals surface area contributed by atoms with Gasteiger partial charge in [0.05, 0.1) is 32.0 Å². The summed E-state index contributed by atoms with van der Waals surface area (Å²) < 4.78 is 10.7. The van der Waals surface area contributed by atoms with E-state index in [1.165, 1.54) is 6.42 Å². The van der Waals surface area contributed by atoms with Gasteiger partial charge in [-0.2, -0.15) is 0 Å². The number of rotatable bonds is 11. The summed E-state index contributed by atoms with van der Waals surface area (Å²) in [5.41, 5.74) is 3.65. The molecule has 0 bridgehead atoms. The number of hydrogen-bond acceptors (Lipinski definition) is 6. The first-order chi connectivity index (χ1) is 20.6. The van der Waals surface area contributed by atoms with Crippen molar-refractivity contribution in [3.63, 3.8) is 0 Å². The summed E-state index contributed by atoms with van der Waals surface area (Å²) in [4.78, 5) is 5.04. The SMILES string of the molecule is COc1ccc(C(=NCCN[C@@](c2ccccc2)(c2ccc(OC)cc2O)C2CCCCC2)c2ccccc2)c(O)c1. The van der Waals surface area contributed by atoms with Crippen LogP contribution >= 0.6 is 0 Å². The number of phenolic OH excluding ortho intramolecular Hbond substituents is 2. The van der Waals surface area contributed by atoms with Gasteiger partial charge in [-0.15, -0.1) is 0 Å². The van der Waals surface area contributed by atoms with E-state index in [2.05, 4.69) is 29.6 Å². The number of hydrogen-bond donors (Lipinski definition) is 3. The van der Waals surface area contributed by atoms with Crippen LogP contribution in [0.15, 0.2) is 102 Å². The zero-order chi connectivity index (χ0) is 29.4. The normalized spacial score (nSPS) is 15.6. The van der Waals surface area contributed by atoms with Gasteiger partial charge in [-0.1, -0.05) is 79.9 Å². The van der Waals surface area contributed by atoms with Gasteiger partial charge >= 0.3 is 0 Å². The van der Waals surface area contributed by atoms with E-state index in [4.69, 9.17) is 14.5 Å². The lowest BCUT2D eigenvalue weighted by Gasteiger charge is -2.45. The van der Waals surface area contributed by atoms with Gasteiger partial charge < -0.3 is 25.0 Å². The molecule has 0 spiro atoms. The highest BCUT2D eigenvalue weighted by Crippen LogP contribution is 2.47. The van der Waals surface area contributed by atoms with Crippen LogP contribution in [-0.2, 0) is 5.54 Å². The maximum absolute atomic E-state index is 11.4. The molecule has 1 aliphatic rings. The minimum Gasteiger partial charge on any atom is -0.507 e. The summed E-state index contributed by atoms with van der Waals surface area (Å²) in [7, 11) is 3.19. The maximum Gasteiger partial charge on any atom is 0.128 e. The molecule has 1 aliphatic carbocycles. The Hall–Kier alpha value is -4.29. The van der Waals surface area contributed by atoms with Crippen LogP contribution in [0.3, 0.4) is 0 Å². The molecule has 0 radical (unpaired) electrons. The summed E-state index contributed by atoms with van der Waals surface area (Å²) >= 11 is 0. The number of methoxy groups -OCH3 is 2. The van der Waals surface area contributed by atoms with Gasteiger partial charge in [0.2, 0.25) is 0 Å². The highest BCUT2D eigenvalue weighted by Gasteiger charge is 2.43. The molecule has 0 heterocycles. The smallest absolute Gasteiger partial charge is 0.128 e. The molecule has 1 atom stereocenters. The Morgan fingerprint density at radius 3 is 2.02 bits per heavy atom. The van der Waals surface area contributed by atoms with Crippen molar-refractivity contribution < 1.29 is 19.7 Å². The Morgan fingerprint density at radius 2 is 1.40 bits per heavy atom. The molecule has 6 heteroatoms. The van der Waals surface area contributed by atoms with Crippen LogP contribution in [0.1, 0.15) is 54.4 Å². The van der Waals surface area contributed by atoms with Gasteiger partial charge in [0.1, 0.15) is 23.0 Å². The fourth-order valence-corrected chi connectivity index (χ4v) is 6.35. The molecule has 4 aromatic rings. The summed E-state index contributed by atoms with van der Waals surface area (Å²) in [6, 6.07) is 31.3. The average molecular weight is 565 g/mol. The zero-order valence-electron chi connectivity index (χ0n) is 24.4. The summed E-state index contributed by atoms with van der Waals surface area (Å²) in [5, 5.41) is 26.2. The van der Waals surface area contributed by atoms with Crippen LogP contribution in [0.25, 0.3) is 0 Å².